The fourth-order valence-electron chi connectivity index (χ4n) is 3.08. The number of pyridine rings is 1. The van der Waals surface area contributed by atoms with Gasteiger partial charge in [0.25, 0.3) is 5.91 Å². The molecule has 5 nitrogen and oxygen atoms in total. The number of fused-ring (bicyclic) bond motifs is 1. The summed E-state index contributed by atoms with van der Waals surface area (Å²) < 4.78 is 4.87. The van der Waals surface area contributed by atoms with Crippen molar-refractivity contribution >= 4 is 22.8 Å². The Morgan fingerprint density at radius 3 is 2.56 bits per heavy atom. The van der Waals surface area contributed by atoms with E-state index in [9.17, 15) is 9.59 Å². The summed E-state index contributed by atoms with van der Waals surface area (Å²) in [7, 11) is 1.33. The van der Waals surface area contributed by atoms with Crippen molar-refractivity contribution < 1.29 is 14.3 Å². The molecule has 0 bridgehead atoms. The molecule has 0 aliphatic rings. The summed E-state index contributed by atoms with van der Waals surface area (Å²) in [6, 6.07) is 18.5. The first-order chi connectivity index (χ1) is 13.2. The minimum Gasteiger partial charge on any atom is -0.467 e. The van der Waals surface area contributed by atoms with Gasteiger partial charge in [-0.1, -0.05) is 48.5 Å². The standard InChI is InChI=1S/C22H22N2O3/c1-27-22(26)20(13-7-10-16-8-3-2-4-9-16)24-21(25)18-14-15-23-19-12-6-5-11-17(18)19/h2-6,8-9,11-12,14-15,20H,7,10,13H2,1H3,(H,24,25)/t20-/m0/s1. The lowest BCUT2D eigenvalue weighted by Gasteiger charge is -2.17. The largest absolute Gasteiger partial charge is 0.467 e. The van der Waals surface area contributed by atoms with Gasteiger partial charge >= 0.3 is 5.97 Å². The van der Waals surface area contributed by atoms with Gasteiger partial charge in [0.05, 0.1) is 18.2 Å². The molecule has 0 radical (unpaired) electrons. The highest BCUT2D eigenvalue weighted by molar-refractivity contribution is 6.07. The zero-order chi connectivity index (χ0) is 19.1. The summed E-state index contributed by atoms with van der Waals surface area (Å²) in [5.41, 5.74) is 2.44. The van der Waals surface area contributed by atoms with Crippen LogP contribution in [0.15, 0.2) is 66.9 Å². The predicted molar refractivity (Wildman–Crippen MR) is 104 cm³/mol. The molecular formula is C22H22N2O3. The van der Waals surface area contributed by atoms with Crippen LogP contribution in [0.1, 0.15) is 28.8 Å². The van der Waals surface area contributed by atoms with E-state index in [1.807, 2.05) is 42.5 Å². The smallest absolute Gasteiger partial charge is 0.328 e. The molecule has 1 atom stereocenters. The van der Waals surface area contributed by atoms with Crippen molar-refractivity contribution in [1.29, 1.82) is 0 Å². The number of carbonyl (C=O) groups excluding carboxylic acids is 2. The summed E-state index contributed by atoms with van der Waals surface area (Å²) in [6.45, 7) is 0. The quantitative estimate of drug-likeness (QED) is 0.653. The number of para-hydroxylation sites is 1. The number of nitrogens with one attached hydrogen (secondary N) is 1. The number of esters is 1. The first-order valence-electron chi connectivity index (χ1n) is 8.95. The summed E-state index contributed by atoms with van der Waals surface area (Å²) in [6.07, 6.45) is 3.71. The molecule has 0 saturated heterocycles. The molecule has 1 amide bonds. The summed E-state index contributed by atoms with van der Waals surface area (Å²) in [4.78, 5) is 29.2. The van der Waals surface area contributed by atoms with E-state index in [0.717, 1.165) is 23.7 Å². The molecule has 0 saturated carbocycles. The van der Waals surface area contributed by atoms with Gasteiger partial charge in [0, 0.05) is 11.6 Å². The van der Waals surface area contributed by atoms with Crippen LogP contribution >= 0.6 is 0 Å². The van der Waals surface area contributed by atoms with Gasteiger partial charge < -0.3 is 10.1 Å². The number of aromatic nitrogens is 1. The first kappa shape index (κ1) is 18.6. The van der Waals surface area contributed by atoms with Crippen LogP contribution in [0.2, 0.25) is 0 Å². The Morgan fingerprint density at radius 1 is 1.04 bits per heavy atom. The third-order valence-electron chi connectivity index (χ3n) is 4.49. The van der Waals surface area contributed by atoms with Gasteiger partial charge in [-0.25, -0.2) is 4.79 Å². The van der Waals surface area contributed by atoms with Crippen molar-refractivity contribution in [2.75, 3.05) is 7.11 Å². The average Bonchev–Trinajstić information content (AvgIpc) is 2.72. The number of benzene rings is 2. The van der Waals surface area contributed by atoms with E-state index in [1.165, 1.54) is 12.7 Å². The molecule has 2 aromatic carbocycles. The number of aryl methyl sites for hydroxylation is 1. The monoisotopic (exact) mass is 362 g/mol. The van der Waals surface area contributed by atoms with Gasteiger partial charge in [0.15, 0.2) is 0 Å². The van der Waals surface area contributed by atoms with Gasteiger partial charge in [-0.3, -0.25) is 9.78 Å². The minimum absolute atomic E-state index is 0.302. The van der Waals surface area contributed by atoms with Crippen molar-refractivity contribution in [3.05, 3.63) is 78.0 Å². The SMILES string of the molecule is COC(=O)[C@H](CCCc1ccccc1)NC(=O)c1ccnc2ccccc12. The zero-order valence-electron chi connectivity index (χ0n) is 15.2. The zero-order valence-corrected chi connectivity index (χ0v) is 15.2. The van der Waals surface area contributed by atoms with Crippen LogP contribution in [0.25, 0.3) is 10.9 Å². The molecule has 138 valence electrons. The van der Waals surface area contributed by atoms with E-state index in [-0.39, 0.29) is 5.91 Å². The second-order valence-electron chi connectivity index (χ2n) is 6.30. The van der Waals surface area contributed by atoms with Crippen molar-refractivity contribution in [1.82, 2.24) is 10.3 Å². The Kier molecular flexibility index (Phi) is 6.15. The van der Waals surface area contributed by atoms with E-state index in [1.54, 1.807) is 12.3 Å². The van der Waals surface area contributed by atoms with Crippen molar-refractivity contribution in [2.24, 2.45) is 0 Å². The maximum Gasteiger partial charge on any atom is 0.328 e. The summed E-state index contributed by atoms with van der Waals surface area (Å²) >= 11 is 0. The van der Waals surface area contributed by atoms with Crippen molar-refractivity contribution in [2.45, 2.75) is 25.3 Å². The first-order valence-corrected chi connectivity index (χ1v) is 8.95. The maximum absolute atomic E-state index is 12.8. The van der Waals surface area contributed by atoms with E-state index < -0.39 is 12.0 Å². The number of amides is 1. The van der Waals surface area contributed by atoms with Crippen LogP contribution in [0.3, 0.4) is 0 Å². The van der Waals surface area contributed by atoms with Gasteiger partial charge in [0.1, 0.15) is 6.04 Å². The van der Waals surface area contributed by atoms with E-state index >= 15 is 0 Å². The molecule has 0 aliphatic heterocycles. The summed E-state index contributed by atoms with van der Waals surface area (Å²) in [5, 5.41) is 3.58. The highest BCUT2D eigenvalue weighted by Gasteiger charge is 2.22. The Balaban J connectivity index is 1.70. The molecule has 3 aromatic rings. The van der Waals surface area contributed by atoms with Crippen LogP contribution in [0.5, 0.6) is 0 Å². The van der Waals surface area contributed by atoms with Gasteiger partial charge in [0.2, 0.25) is 0 Å². The minimum atomic E-state index is -0.682. The molecule has 1 heterocycles. The number of hydrogen-bond donors (Lipinski definition) is 1. The van der Waals surface area contributed by atoms with E-state index in [4.69, 9.17) is 4.74 Å². The third-order valence-corrected chi connectivity index (χ3v) is 4.49. The Labute approximate surface area is 158 Å². The van der Waals surface area contributed by atoms with E-state index in [2.05, 4.69) is 22.4 Å². The third kappa shape index (κ3) is 4.70. The second-order valence-corrected chi connectivity index (χ2v) is 6.30. The van der Waals surface area contributed by atoms with Crippen LogP contribution in [-0.4, -0.2) is 30.0 Å². The number of carbonyl (C=O) groups is 2. The molecule has 0 aliphatic carbocycles. The number of rotatable bonds is 7. The fraction of sp³-hybridized carbons (Fsp3) is 0.227. The molecule has 5 heteroatoms. The normalized spacial score (nSPS) is 11.7. The Hall–Kier alpha value is -3.21. The lowest BCUT2D eigenvalue weighted by molar-refractivity contribution is -0.143. The number of hydrogen-bond acceptors (Lipinski definition) is 4. The van der Waals surface area contributed by atoms with Crippen LogP contribution in [0, 0.1) is 0 Å². The highest BCUT2D eigenvalue weighted by atomic mass is 16.5. The van der Waals surface area contributed by atoms with Crippen LogP contribution in [-0.2, 0) is 16.0 Å². The van der Waals surface area contributed by atoms with Crippen molar-refractivity contribution in [3.8, 4) is 0 Å². The highest BCUT2D eigenvalue weighted by Crippen LogP contribution is 2.17. The molecule has 1 aromatic heterocycles. The number of nitrogens with zero attached hydrogens (tertiary/aromatic N) is 1. The Morgan fingerprint density at radius 2 is 1.78 bits per heavy atom. The van der Waals surface area contributed by atoms with Crippen molar-refractivity contribution in [3.63, 3.8) is 0 Å². The molecule has 0 spiro atoms. The molecular weight excluding hydrogens is 340 g/mol. The van der Waals surface area contributed by atoms with Crippen LogP contribution < -0.4 is 5.32 Å². The fourth-order valence-corrected chi connectivity index (χ4v) is 3.08. The molecule has 0 unspecified atom stereocenters. The van der Waals surface area contributed by atoms with Gasteiger partial charge in [-0.05, 0) is 37.0 Å². The topological polar surface area (TPSA) is 68.3 Å². The lowest BCUT2D eigenvalue weighted by Crippen LogP contribution is -2.41. The Bertz CT molecular complexity index is 920. The molecule has 0 fully saturated rings. The average molecular weight is 362 g/mol. The lowest BCUT2D eigenvalue weighted by atomic mass is 10.0. The molecule has 3 rings (SSSR count). The van der Waals surface area contributed by atoms with Crippen LogP contribution in [0.4, 0.5) is 0 Å². The predicted octanol–water partition coefficient (Wildman–Crippen LogP) is 3.53. The number of methoxy groups -OCH3 is 1. The van der Waals surface area contributed by atoms with Gasteiger partial charge in [-0.2, -0.15) is 0 Å². The maximum atomic E-state index is 12.8. The van der Waals surface area contributed by atoms with E-state index in [0.29, 0.717) is 12.0 Å². The molecule has 27 heavy (non-hydrogen) atoms. The van der Waals surface area contributed by atoms with Gasteiger partial charge in [-0.15, -0.1) is 0 Å². The number of ether oxygens (including phenoxy) is 1. The second kappa shape index (κ2) is 8.94. The summed E-state index contributed by atoms with van der Waals surface area (Å²) in [5.74, 6) is -0.738. The molecule has 1 N–H and O–H groups in total.